The van der Waals surface area contributed by atoms with Crippen LogP contribution in [-0.4, -0.2) is 29.9 Å². The highest BCUT2D eigenvalue weighted by Crippen LogP contribution is 2.46. The van der Waals surface area contributed by atoms with Gasteiger partial charge in [0.2, 0.25) is 0 Å². The van der Waals surface area contributed by atoms with Crippen molar-refractivity contribution in [1.82, 2.24) is 4.90 Å². The van der Waals surface area contributed by atoms with Crippen LogP contribution < -0.4 is 0 Å². The molecule has 2 heteroatoms. The highest BCUT2D eigenvalue weighted by atomic mass is 15.2. The molecule has 2 aliphatic carbocycles. The van der Waals surface area contributed by atoms with Crippen LogP contribution in [0.25, 0.3) is 0 Å². The molecule has 0 amide bonds. The highest BCUT2D eigenvalue weighted by molar-refractivity contribution is 5.82. The zero-order valence-electron chi connectivity index (χ0n) is 11.2. The van der Waals surface area contributed by atoms with Gasteiger partial charge in [-0.1, -0.05) is 12.8 Å². The number of hydrogen-bond acceptors (Lipinski definition) is 1. The minimum Gasteiger partial charge on any atom is -0.361 e. The standard InChI is InChI=1S/C15H26N2/c1-2-17-9-5-3-4-6-15(17)16-14-11-12-7-8-13(14)10-12/h12-14H,2-11H2,1H3. The van der Waals surface area contributed by atoms with Crippen molar-refractivity contribution in [2.24, 2.45) is 16.8 Å². The van der Waals surface area contributed by atoms with Crippen molar-refractivity contribution in [2.75, 3.05) is 13.1 Å². The Bertz CT molecular complexity index is 297. The first-order chi connectivity index (χ1) is 8.36. The lowest BCUT2D eigenvalue weighted by molar-refractivity contribution is 0.398. The lowest BCUT2D eigenvalue weighted by atomic mass is 9.96. The molecule has 0 spiro atoms. The van der Waals surface area contributed by atoms with Crippen LogP contribution in [0.4, 0.5) is 0 Å². The maximum absolute atomic E-state index is 5.17. The predicted octanol–water partition coefficient (Wildman–Crippen LogP) is 3.47. The monoisotopic (exact) mass is 234 g/mol. The summed E-state index contributed by atoms with van der Waals surface area (Å²) in [6.45, 7) is 4.68. The number of aliphatic imine (C=N–C) groups is 1. The number of hydrogen-bond donors (Lipinski definition) is 0. The van der Waals surface area contributed by atoms with Crippen molar-refractivity contribution in [3.63, 3.8) is 0 Å². The summed E-state index contributed by atoms with van der Waals surface area (Å²) in [6, 6.07) is 0.691. The third-order valence-corrected chi connectivity index (χ3v) is 5.09. The zero-order valence-corrected chi connectivity index (χ0v) is 11.2. The third kappa shape index (κ3) is 2.36. The first-order valence-corrected chi connectivity index (χ1v) is 7.68. The summed E-state index contributed by atoms with van der Waals surface area (Å²) in [5, 5.41) is 0. The van der Waals surface area contributed by atoms with Crippen molar-refractivity contribution in [1.29, 1.82) is 0 Å². The molecule has 3 rings (SSSR count). The van der Waals surface area contributed by atoms with Gasteiger partial charge in [0.1, 0.15) is 0 Å². The van der Waals surface area contributed by atoms with Gasteiger partial charge in [0.15, 0.2) is 0 Å². The molecule has 2 saturated carbocycles. The first-order valence-electron chi connectivity index (χ1n) is 7.68. The van der Waals surface area contributed by atoms with Crippen molar-refractivity contribution in [3.8, 4) is 0 Å². The van der Waals surface area contributed by atoms with E-state index in [1.165, 1.54) is 63.7 Å². The molecule has 3 aliphatic rings. The molecule has 1 saturated heterocycles. The topological polar surface area (TPSA) is 15.6 Å². The molecule has 96 valence electrons. The van der Waals surface area contributed by atoms with E-state index in [1.807, 2.05) is 0 Å². The molecule has 17 heavy (non-hydrogen) atoms. The Morgan fingerprint density at radius 1 is 1.18 bits per heavy atom. The molecular weight excluding hydrogens is 208 g/mol. The van der Waals surface area contributed by atoms with Gasteiger partial charge in [-0.3, -0.25) is 4.99 Å². The van der Waals surface area contributed by atoms with Gasteiger partial charge in [0.25, 0.3) is 0 Å². The highest BCUT2D eigenvalue weighted by Gasteiger charge is 2.39. The van der Waals surface area contributed by atoms with Gasteiger partial charge < -0.3 is 4.90 Å². The van der Waals surface area contributed by atoms with Crippen LogP contribution in [0.15, 0.2) is 4.99 Å². The summed E-state index contributed by atoms with van der Waals surface area (Å²) in [5.41, 5.74) is 0. The number of likely N-dealkylation sites (tertiary alicyclic amines) is 1. The Kier molecular flexibility index (Phi) is 3.39. The number of fused-ring (bicyclic) bond motifs is 2. The van der Waals surface area contributed by atoms with Crippen LogP contribution in [0.3, 0.4) is 0 Å². The molecule has 3 atom stereocenters. The summed E-state index contributed by atoms with van der Waals surface area (Å²) < 4.78 is 0. The summed E-state index contributed by atoms with van der Waals surface area (Å²) >= 11 is 0. The van der Waals surface area contributed by atoms with Gasteiger partial charge in [0.05, 0.1) is 11.9 Å². The van der Waals surface area contributed by atoms with Gasteiger partial charge in [-0.05, 0) is 50.9 Å². The van der Waals surface area contributed by atoms with E-state index in [0.717, 1.165) is 18.4 Å². The fourth-order valence-electron chi connectivity index (χ4n) is 4.10. The summed E-state index contributed by atoms with van der Waals surface area (Å²) in [5.74, 6) is 3.41. The normalized spacial score (nSPS) is 39.9. The van der Waals surface area contributed by atoms with Crippen LogP contribution >= 0.6 is 0 Å². The predicted molar refractivity (Wildman–Crippen MR) is 72.4 cm³/mol. The minimum absolute atomic E-state index is 0.691. The van der Waals surface area contributed by atoms with Crippen LogP contribution in [-0.2, 0) is 0 Å². The van der Waals surface area contributed by atoms with Gasteiger partial charge >= 0.3 is 0 Å². The smallest absolute Gasteiger partial charge is 0.0992 e. The maximum Gasteiger partial charge on any atom is 0.0992 e. The van der Waals surface area contributed by atoms with Crippen LogP contribution in [0.2, 0.25) is 0 Å². The number of nitrogens with zero attached hydrogens (tertiary/aromatic N) is 2. The van der Waals surface area contributed by atoms with Crippen molar-refractivity contribution in [3.05, 3.63) is 0 Å². The van der Waals surface area contributed by atoms with Gasteiger partial charge in [0, 0.05) is 19.5 Å². The Balaban J connectivity index is 1.71. The van der Waals surface area contributed by atoms with Crippen molar-refractivity contribution in [2.45, 2.75) is 64.3 Å². The third-order valence-electron chi connectivity index (χ3n) is 5.09. The Morgan fingerprint density at radius 3 is 2.82 bits per heavy atom. The minimum atomic E-state index is 0.691. The molecule has 1 heterocycles. The van der Waals surface area contributed by atoms with Crippen LogP contribution in [0.5, 0.6) is 0 Å². The molecule has 3 fully saturated rings. The average Bonchev–Trinajstić information content (AvgIpc) is 2.87. The van der Waals surface area contributed by atoms with E-state index in [4.69, 9.17) is 4.99 Å². The molecule has 0 N–H and O–H groups in total. The fourth-order valence-corrected chi connectivity index (χ4v) is 4.10. The summed E-state index contributed by atoms with van der Waals surface area (Å²) in [7, 11) is 0. The molecular formula is C15H26N2. The molecule has 0 radical (unpaired) electrons. The van der Waals surface area contributed by atoms with E-state index < -0.39 is 0 Å². The molecule has 3 unspecified atom stereocenters. The number of rotatable bonds is 2. The van der Waals surface area contributed by atoms with Crippen LogP contribution in [0, 0.1) is 11.8 Å². The lowest BCUT2D eigenvalue weighted by Crippen LogP contribution is -2.32. The maximum atomic E-state index is 5.17. The molecule has 1 aliphatic heterocycles. The molecule has 0 aromatic heterocycles. The van der Waals surface area contributed by atoms with E-state index in [9.17, 15) is 0 Å². The first kappa shape index (κ1) is 11.6. The van der Waals surface area contributed by atoms with E-state index in [-0.39, 0.29) is 0 Å². The summed E-state index contributed by atoms with van der Waals surface area (Å²) in [6.07, 6.45) is 11.2. The number of amidine groups is 1. The van der Waals surface area contributed by atoms with Gasteiger partial charge in [-0.15, -0.1) is 0 Å². The second-order valence-electron chi connectivity index (χ2n) is 6.18. The lowest BCUT2D eigenvalue weighted by Gasteiger charge is -2.26. The molecule has 2 bridgehead atoms. The fraction of sp³-hybridized carbons (Fsp3) is 0.933. The second kappa shape index (κ2) is 4.99. The van der Waals surface area contributed by atoms with Gasteiger partial charge in [-0.25, -0.2) is 0 Å². The zero-order chi connectivity index (χ0) is 11.7. The van der Waals surface area contributed by atoms with E-state index >= 15 is 0 Å². The summed E-state index contributed by atoms with van der Waals surface area (Å²) in [4.78, 5) is 7.71. The van der Waals surface area contributed by atoms with Crippen molar-refractivity contribution < 1.29 is 0 Å². The van der Waals surface area contributed by atoms with E-state index in [0.29, 0.717) is 6.04 Å². The van der Waals surface area contributed by atoms with Gasteiger partial charge in [-0.2, -0.15) is 0 Å². The molecule has 0 aromatic rings. The Labute approximate surface area is 105 Å². The quantitative estimate of drug-likeness (QED) is 0.714. The Morgan fingerprint density at radius 2 is 2.12 bits per heavy atom. The molecule has 0 aromatic carbocycles. The van der Waals surface area contributed by atoms with Crippen LogP contribution in [0.1, 0.15) is 58.3 Å². The largest absolute Gasteiger partial charge is 0.361 e. The second-order valence-corrected chi connectivity index (χ2v) is 6.18. The average molecular weight is 234 g/mol. The Hall–Kier alpha value is -0.530. The van der Waals surface area contributed by atoms with E-state index in [1.54, 1.807) is 0 Å². The van der Waals surface area contributed by atoms with Crippen molar-refractivity contribution >= 4 is 5.84 Å². The van der Waals surface area contributed by atoms with E-state index in [2.05, 4.69) is 11.8 Å². The molecule has 2 nitrogen and oxygen atoms in total. The SMILES string of the molecule is CCN1CCCCCC1=NC1CC2CCC1C2.